The normalized spacial score (nSPS) is 10.6. The number of hydrogen-bond acceptors (Lipinski definition) is 4. The Morgan fingerprint density at radius 3 is 3.19 bits per heavy atom. The van der Waals surface area contributed by atoms with Crippen molar-refractivity contribution < 1.29 is 9.53 Å². The fourth-order valence-electron chi connectivity index (χ4n) is 1.45. The summed E-state index contributed by atoms with van der Waals surface area (Å²) in [7, 11) is 1.44. The molecule has 0 aliphatic carbocycles. The fourth-order valence-corrected chi connectivity index (χ4v) is 3.17. The van der Waals surface area contributed by atoms with Gasteiger partial charge in [0.1, 0.15) is 5.69 Å². The molecule has 2 heterocycles. The number of nitrogens with zero attached hydrogens (tertiary/aromatic N) is 2. The molecule has 0 fully saturated rings. The van der Waals surface area contributed by atoms with E-state index in [0.29, 0.717) is 12.3 Å². The molecule has 84 valence electrons. The Labute approximate surface area is 109 Å². The lowest BCUT2D eigenvalue weighted by molar-refractivity contribution is 0.0519. The number of carbonyl (C=O) groups is 1. The molecule has 6 heteroatoms. The van der Waals surface area contributed by atoms with Crippen LogP contribution in [0.1, 0.15) is 17.4 Å². The molecule has 0 amide bonds. The largest absolute Gasteiger partial charge is 0.461 e. The second-order valence-electron chi connectivity index (χ2n) is 3.05. The smallest absolute Gasteiger partial charge is 0.355 e. The third-order valence-corrected chi connectivity index (χ3v) is 3.82. The molecule has 2 aromatic heterocycles. The maximum absolute atomic E-state index is 11.7. The highest BCUT2D eigenvalue weighted by Crippen LogP contribution is 2.28. The molecule has 0 spiro atoms. The molecular formula is C10H9IN2O2S. The van der Waals surface area contributed by atoms with Crippen molar-refractivity contribution in [1.82, 2.24) is 8.96 Å². The lowest BCUT2D eigenvalue weighted by Crippen LogP contribution is -2.07. The fraction of sp³-hybridized carbons (Fsp3) is 0.200. The summed E-state index contributed by atoms with van der Waals surface area (Å²) in [5, 5.41) is 0.940. The van der Waals surface area contributed by atoms with Crippen molar-refractivity contribution in [2.75, 3.05) is 6.61 Å². The Kier molecular flexibility index (Phi) is 3.70. The number of rotatable bonds is 3. The van der Waals surface area contributed by atoms with Crippen LogP contribution in [0.5, 0.6) is 0 Å². The summed E-state index contributed by atoms with van der Waals surface area (Å²) in [4.78, 5) is 15.7. The minimum absolute atomic E-state index is 0.303. The van der Waals surface area contributed by atoms with Gasteiger partial charge >= 0.3 is 5.97 Å². The van der Waals surface area contributed by atoms with Gasteiger partial charge in [-0.15, -0.1) is 0 Å². The van der Waals surface area contributed by atoms with Crippen molar-refractivity contribution in [3.05, 3.63) is 30.2 Å². The molecule has 16 heavy (non-hydrogen) atoms. The quantitative estimate of drug-likeness (QED) is 0.632. The van der Waals surface area contributed by atoms with Gasteiger partial charge in [0.2, 0.25) is 0 Å². The highest BCUT2D eigenvalue weighted by molar-refractivity contribution is 14.2. The molecule has 0 aliphatic heterocycles. The second kappa shape index (κ2) is 5.05. The van der Waals surface area contributed by atoms with Crippen LogP contribution in [0.25, 0.3) is 10.9 Å². The van der Waals surface area contributed by atoms with Crippen molar-refractivity contribution in [3.63, 3.8) is 0 Å². The summed E-state index contributed by atoms with van der Waals surface area (Å²) in [5.41, 5.74) is 1.52. The van der Waals surface area contributed by atoms with Crippen LogP contribution in [-0.2, 0) is 4.74 Å². The standard InChI is InChI=1S/C10H9IN2O2S/c1-2-15-10(14)9-5-7-6-12-4-3-8(7)13(9)16-11/h3-6H,2H2,1H3. The van der Waals surface area contributed by atoms with E-state index in [1.54, 1.807) is 25.4 Å². The SMILES string of the molecule is CCOC(=O)c1cc2cnccc2n1SI. The third-order valence-electron chi connectivity index (χ3n) is 2.11. The third kappa shape index (κ3) is 2.03. The van der Waals surface area contributed by atoms with Crippen LogP contribution >= 0.6 is 30.3 Å². The zero-order chi connectivity index (χ0) is 11.5. The zero-order valence-electron chi connectivity index (χ0n) is 8.51. The van der Waals surface area contributed by atoms with Crippen molar-refractivity contribution >= 4 is 47.2 Å². The van der Waals surface area contributed by atoms with Crippen molar-refractivity contribution in [1.29, 1.82) is 0 Å². The van der Waals surface area contributed by atoms with Crippen LogP contribution in [0.2, 0.25) is 0 Å². The lowest BCUT2D eigenvalue weighted by Gasteiger charge is -2.04. The van der Waals surface area contributed by atoms with Crippen LogP contribution in [0.4, 0.5) is 0 Å². The van der Waals surface area contributed by atoms with Gasteiger partial charge in [-0.05, 0) is 19.1 Å². The monoisotopic (exact) mass is 348 g/mol. The molecule has 0 saturated heterocycles. The minimum atomic E-state index is -0.303. The predicted molar refractivity (Wildman–Crippen MR) is 72.7 cm³/mol. The highest BCUT2D eigenvalue weighted by atomic mass is 127. The van der Waals surface area contributed by atoms with Gasteiger partial charge in [0, 0.05) is 48.1 Å². The maximum Gasteiger partial charge on any atom is 0.355 e. The van der Waals surface area contributed by atoms with Crippen LogP contribution < -0.4 is 0 Å². The molecule has 0 aromatic carbocycles. The first kappa shape index (κ1) is 11.7. The van der Waals surface area contributed by atoms with Gasteiger partial charge < -0.3 is 4.74 Å². The summed E-state index contributed by atoms with van der Waals surface area (Å²) < 4.78 is 6.85. The molecule has 0 bridgehead atoms. The Balaban J connectivity index is 2.56. The van der Waals surface area contributed by atoms with Gasteiger partial charge in [-0.25, -0.2) is 4.79 Å². The van der Waals surface area contributed by atoms with E-state index < -0.39 is 0 Å². The van der Waals surface area contributed by atoms with E-state index in [1.165, 1.54) is 9.12 Å². The van der Waals surface area contributed by atoms with E-state index in [0.717, 1.165) is 10.9 Å². The predicted octanol–water partition coefficient (Wildman–Crippen LogP) is 3.06. The topological polar surface area (TPSA) is 44.1 Å². The zero-order valence-corrected chi connectivity index (χ0v) is 11.5. The van der Waals surface area contributed by atoms with E-state index >= 15 is 0 Å². The average Bonchev–Trinajstić information content (AvgIpc) is 2.67. The van der Waals surface area contributed by atoms with Crippen molar-refractivity contribution in [2.45, 2.75) is 6.92 Å². The number of pyridine rings is 1. The number of aromatic nitrogens is 2. The summed E-state index contributed by atoms with van der Waals surface area (Å²) in [6, 6.07) is 3.68. The summed E-state index contributed by atoms with van der Waals surface area (Å²) in [5.74, 6) is -0.303. The summed E-state index contributed by atoms with van der Waals surface area (Å²) >= 11 is 2.14. The molecule has 0 saturated carbocycles. The number of carbonyl (C=O) groups excluding carboxylic acids is 1. The molecule has 0 atom stereocenters. The minimum Gasteiger partial charge on any atom is -0.461 e. The molecule has 2 aromatic rings. The molecular weight excluding hydrogens is 339 g/mol. The highest BCUT2D eigenvalue weighted by Gasteiger charge is 2.16. The van der Waals surface area contributed by atoms with E-state index in [-0.39, 0.29) is 5.97 Å². The first-order valence-corrected chi connectivity index (χ1v) is 8.01. The van der Waals surface area contributed by atoms with E-state index in [9.17, 15) is 4.79 Å². The van der Waals surface area contributed by atoms with Crippen LogP contribution in [0, 0.1) is 0 Å². The molecule has 0 radical (unpaired) electrons. The number of esters is 1. The number of fused-ring (bicyclic) bond motifs is 1. The number of ether oxygens (including phenoxy) is 1. The molecule has 2 rings (SSSR count). The maximum atomic E-state index is 11.7. The van der Waals surface area contributed by atoms with Gasteiger partial charge in [-0.1, -0.05) is 0 Å². The lowest BCUT2D eigenvalue weighted by atomic mass is 10.3. The Morgan fingerprint density at radius 1 is 1.69 bits per heavy atom. The van der Waals surface area contributed by atoms with Crippen LogP contribution in [-0.4, -0.2) is 21.5 Å². The van der Waals surface area contributed by atoms with Gasteiger partial charge in [0.15, 0.2) is 0 Å². The number of hydrogen-bond donors (Lipinski definition) is 0. The van der Waals surface area contributed by atoms with Crippen LogP contribution in [0.3, 0.4) is 0 Å². The second-order valence-corrected chi connectivity index (χ2v) is 4.73. The Hall–Kier alpha value is -0.760. The van der Waals surface area contributed by atoms with Crippen molar-refractivity contribution in [3.8, 4) is 0 Å². The van der Waals surface area contributed by atoms with Gasteiger partial charge in [0.25, 0.3) is 0 Å². The summed E-state index contributed by atoms with van der Waals surface area (Å²) in [6.07, 6.45) is 3.45. The van der Waals surface area contributed by atoms with Crippen LogP contribution in [0.15, 0.2) is 24.5 Å². The first-order valence-electron chi connectivity index (χ1n) is 4.69. The van der Waals surface area contributed by atoms with Crippen molar-refractivity contribution in [2.24, 2.45) is 0 Å². The van der Waals surface area contributed by atoms with Gasteiger partial charge in [-0.2, -0.15) is 0 Å². The Bertz CT molecular complexity index is 527. The summed E-state index contributed by atoms with van der Waals surface area (Å²) in [6.45, 7) is 2.17. The molecule has 4 nitrogen and oxygen atoms in total. The molecule has 0 N–H and O–H groups in total. The van der Waals surface area contributed by atoms with Gasteiger partial charge in [-0.3, -0.25) is 8.96 Å². The molecule has 0 aliphatic rings. The van der Waals surface area contributed by atoms with E-state index in [4.69, 9.17) is 4.74 Å². The van der Waals surface area contributed by atoms with Gasteiger partial charge in [0.05, 0.1) is 12.1 Å². The van der Waals surface area contributed by atoms with E-state index in [1.807, 2.05) is 10.0 Å². The Morgan fingerprint density at radius 2 is 2.50 bits per heavy atom. The average molecular weight is 348 g/mol. The molecule has 0 unspecified atom stereocenters. The first-order chi connectivity index (χ1) is 7.77. The van der Waals surface area contributed by atoms with E-state index in [2.05, 4.69) is 26.2 Å². The number of halogens is 1.